The van der Waals surface area contributed by atoms with Gasteiger partial charge in [0, 0.05) is 5.69 Å². The lowest BCUT2D eigenvalue weighted by atomic mass is 10.1. The lowest BCUT2D eigenvalue weighted by molar-refractivity contribution is -0.115. The van der Waals surface area contributed by atoms with Gasteiger partial charge in [0.25, 0.3) is 0 Å². The number of hydrogen-bond acceptors (Lipinski definition) is 2. The van der Waals surface area contributed by atoms with Gasteiger partial charge in [-0.2, -0.15) is 0 Å². The maximum absolute atomic E-state index is 12.0. The van der Waals surface area contributed by atoms with Crippen molar-refractivity contribution in [1.29, 1.82) is 0 Å². The molecular formula is C16H17NO2. The molecule has 0 spiro atoms. The van der Waals surface area contributed by atoms with Gasteiger partial charge in [0.1, 0.15) is 5.75 Å². The molecule has 0 atom stereocenters. The van der Waals surface area contributed by atoms with Crippen molar-refractivity contribution in [2.75, 3.05) is 5.32 Å². The molecule has 0 heterocycles. The van der Waals surface area contributed by atoms with Crippen LogP contribution in [0.25, 0.3) is 0 Å². The molecule has 2 aromatic rings. The monoisotopic (exact) mass is 255 g/mol. The predicted octanol–water partition coefficient (Wildman–Crippen LogP) is 3.19. The second-order valence-electron chi connectivity index (χ2n) is 4.71. The van der Waals surface area contributed by atoms with Crippen molar-refractivity contribution in [2.45, 2.75) is 20.3 Å². The van der Waals surface area contributed by atoms with Crippen molar-refractivity contribution in [1.82, 2.24) is 0 Å². The van der Waals surface area contributed by atoms with Crippen molar-refractivity contribution in [2.24, 2.45) is 0 Å². The molecule has 0 fully saturated rings. The Balaban J connectivity index is 2.05. The number of anilines is 1. The molecule has 0 radical (unpaired) electrons. The van der Waals surface area contributed by atoms with Crippen LogP contribution in [0, 0.1) is 13.8 Å². The number of aryl methyl sites for hydroxylation is 2. The van der Waals surface area contributed by atoms with Gasteiger partial charge in [0.2, 0.25) is 5.91 Å². The Hall–Kier alpha value is -2.29. The zero-order chi connectivity index (χ0) is 13.8. The van der Waals surface area contributed by atoms with Gasteiger partial charge in [-0.1, -0.05) is 29.8 Å². The number of aromatic hydroxyl groups is 1. The molecule has 0 saturated heterocycles. The van der Waals surface area contributed by atoms with Crippen LogP contribution in [-0.2, 0) is 11.2 Å². The van der Waals surface area contributed by atoms with Crippen LogP contribution >= 0.6 is 0 Å². The summed E-state index contributed by atoms with van der Waals surface area (Å²) in [5.41, 5.74) is 3.72. The van der Waals surface area contributed by atoms with Gasteiger partial charge in [-0.15, -0.1) is 0 Å². The summed E-state index contributed by atoms with van der Waals surface area (Å²) < 4.78 is 0. The SMILES string of the molecule is Cc1cccc(CC(=O)Nc2ccc(O)cc2C)c1. The van der Waals surface area contributed by atoms with Gasteiger partial charge in [0.15, 0.2) is 0 Å². The maximum Gasteiger partial charge on any atom is 0.228 e. The number of rotatable bonds is 3. The largest absolute Gasteiger partial charge is 0.508 e. The van der Waals surface area contributed by atoms with E-state index in [0.29, 0.717) is 6.42 Å². The van der Waals surface area contributed by atoms with Crippen LogP contribution in [-0.4, -0.2) is 11.0 Å². The average Bonchev–Trinajstić information content (AvgIpc) is 2.33. The Kier molecular flexibility index (Phi) is 3.85. The summed E-state index contributed by atoms with van der Waals surface area (Å²) in [6.45, 7) is 3.85. The van der Waals surface area contributed by atoms with Crippen LogP contribution in [0.3, 0.4) is 0 Å². The maximum atomic E-state index is 12.0. The number of nitrogens with one attached hydrogen (secondary N) is 1. The Morgan fingerprint density at radius 1 is 1.16 bits per heavy atom. The molecular weight excluding hydrogens is 238 g/mol. The molecule has 1 amide bonds. The van der Waals surface area contributed by atoms with Crippen molar-refractivity contribution >= 4 is 11.6 Å². The molecule has 98 valence electrons. The van der Waals surface area contributed by atoms with E-state index in [4.69, 9.17) is 0 Å². The summed E-state index contributed by atoms with van der Waals surface area (Å²) in [6, 6.07) is 12.8. The number of phenols is 1. The Labute approximate surface area is 112 Å². The van der Waals surface area contributed by atoms with Crippen LogP contribution in [0.5, 0.6) is 5.75 Å². The fraction of sp³-hybridized carbons (Fsp3) is 0.188. The summed E-state index contributed by atoms with van der Waals surface area (Å²) >= 11 is 0. The van der Waals surface area contributed by atoms with Gasteiger partial charge in [-0.05, 0) is 43.2 Å². The first-order chi connectivity index (χ1) is 9.04. The Bertz CT molecular complexity index is 605. The van der Waals surface area contributed by atoms with Gasteiger partial charge in [0.05, 0.1) is 6.42 Å². The normalized spacial score (nSPS) is 10.2. The summed E-state index contributed by atoms with van der Waals surface area (Å²) in [7, 11) is 0. The number of carbonyl (C=O) groups excluding carboxylic acids is 1. The second-order valence-corrected chi connectivity index (χ2v) is 4.71. The number of benzene rings is 2. The van der Waals surface area contributed by atoms with E-state index in [1.807, 2.05) is 38.1 Å². The Morgan fingerprint density at radius 2 is 1.95 bits per heavy atom. The molecule has 0 aromatic heterocycles. The standard InChI is InChI=1S/C16H17NO2/c1-11-4-3-5-13(8-11)10-16(19)17-15-7-6-14(18)9-12(15)2/h3-9,18H,10H2,1-2H3,(H,17,19). The smallest absolute Gasteiger partial charge is 0.228 e. The Morgan fingerprint density at radius 3 is 2.63 bits per heavy atom. The number of carbonyl (C=O) groups is 1. The van der Waals surface area contributed by atoms with E-state index in [0.717, 1.165) is 22.4 Å². The number of hydrogen-bond donors (Lipinski definition) is 2. The molecule has 0 aliphatic rings. The van der Waals surface area contributed by atoms with E-state index in [2.05, 4.69) is 5.32 Å². The second kappa shape index (κ2) is 5.57. The van der Waals surface area contributed by atoms with E-state index < -0.39 is 0 Å². The third kappa shape index (κ3) is 3.58. The lowest BCUT2D eigenvalue weighted by Crippen LogP contribution is -2.15. The topological polar surface area (TPSA) is 49.3 Å². The van der Waals surface area contributed by atoms with E-state index in [9.17, 15) is 9.90 Å². The van der Waals surface area contributed by atoms with Gasteiger partial charge in [-0.3, -0.25) is 4.79 Å². The van der Waals surface area contributed by atoms with E-state index in [-0.39, 0.29) is 11.7 Å². The average molecular weight is 255 g/mol. The predicted molar refractivity (Wildman–Crippen MR) is 76.4 cm³/mol. The fourth-order valence-electron chi connectivity index (χ4n) is 1.99. The third-order valence-electron chi connectivity index (χ3n) is 2.93. The summed E-state index contributed by atoms with van der Waals surface area (Å²) in [4.78, 5) is 12.0. The minimum atomic E-state index is -0.0561. The van der Waals surface area contributed by atoms with Crippen molar-refractivity contribution in [3.8, 4) is 5.75 Å². The first-order valence-electron chi connectivity index (χ1n) is 6.19. The van der Waals surface area contributed by atoms with E-state index in [1.54, 1.807) is 18.2 Å². The molecule has 0 saturated carbocycles. The van der Waals surface area contributed by atoms with E-state index >= 15 is 0 Å². The molecule has 3 nitrogen and oxygen atoms in total. The van der Waals surface area contributed by atoms with Crippen LogP contribution in [0.15, 0.2) is 42.5 Å². The molecule has 19 heavy (non-hydrogen) atoms. The molecule has 3 heteroatoms. The van der Waals surface area contributed by atoms with Crippen LogP contribution in [0.1, 0.15) is 16.7 Å². The highest BCUT2D eigenvalue weighted by atomic mass is 16.3. The molecule has 2 aromatic carbocycles. The third-order valence-corrected chi connectivity index (χ3v) is 2.93. The quantitative estimate of drug-likeness (QED) is 0.827. The van der Waals surface area contributed by atoms with Gasteiger partial charge >= 0.3 is 0 Å². The van der Waals surface area contributed by atoms with Crippen LogP contribution in [0.2, 0.25) is 0 Å². The minimum Gasteiger partial charge on any atom is -0.508 e. The fourth-order valence-corrected chi connectivity index (χ4v) is 1.99. The highest BCUT2D eigenvalue weighted by Crippen LogP contribution is 2.20. The molecule has 2 rings (SSSR count). The molecule has 0 unspecified atom stereocenters. The summed E-state index contributed by atoms with van der Waals surface area (Å²) in [5.74, 6) is 0.147. The zero-order valence-electron chi connectivity index (χ0n) is 11.1. The summed E-state index contributed by atoms with van der Waals surface area (Å²) in [5, 5.41) is 12.2. The first-order valence-corrected chi connectivity index (χ1v) is 6.19. The highest BCUT2D eigenvalue weighted by Gasteiger charge is 2.06. The lowest BCUT2D eigenvalue weighted by Gasteiger charge is -2.09. The molecule has 0 bridgehead atoms. The van der Waals surface area contributed by atoms with Crippen molar-refractivity contribution < 1.29 is 9.90 Å². The number of amides is 1. The van der Waals surface area contributed by atoms with E-state index in [1.165, 1.54) is 0 Å². The summed E-state index contributed by atoms with van der Waals surface area (Å²) in [6.07, 6.45) is 0.349. The van der Waals surface area contributed by atoms with Crippen LogP contribution < -0.4 is 5.32 Å². The minimum absolute atomic E-state index is 0.0561. The van der Waals surface area contributed by atoms with Crippen molar-refractivity contribution in [3.63, 3.8) is 0 Å². The molecule has 0 aliphatic carbocycles. The van der Waals surface area contributed by atoms with Gasteiger partial charge in [-0.25, -0.2) is 0 Å². The van der Waals surface area contributed by atoms with Crippen LogP contribution in [0.4, 0.5) is 5.69 Å². The zero-order valence-corrected chi connectivity index (χ0v) is 11.1. The highest BCUT2D eigenvalue weighted by molar-refractivity contribution is 5.93. The molecule has 0 aliphatic heterocycles. The molecule has 2 N–H and O–H groups in total. The van der Waals surface area contributed by atoms with Gasteiger partial charge < -0.3 is 10.4 Å². The first kappa shape index (κ1) is 13.1. The van der Waals surface area contributed by atoms with Crippen molar-refractivity contribution in [3.05, 3.63) is 59.2 Å². The number of phenolic OH excluding ortho intramolecular Hbond substituents is 1.